The van der Waals surface area contributed by atoms with Crippen molar-refractivity contribution in [2.24, 2.45) is 0 Å². The average Bonchev–Trinajstić information content (AvgIpc) is 2.25. The molecule has 0 aromatic heterocycles. The van der Waals surface area contributed by atoms with E-state index >= 15 is 0 Å². The van der Waals surface area contributed by atoms with Crippen LogP contribution in [0.2, 0.25) is 0 Å². The zero-order valence-corrected chi connectivity index (χ0v) is 8.13. The summed E-state index contributed by atoms with van der Waals surface area (Å²) >= 11 is 0. The van der Waals surface area contributed by atoms with E-state index in [9.17, 15) is 4.79 Å². The number of para-hydroxylation sites is 1. The first-order valence-electron chi connectivity index (χ1n) is 4.41. The Balaban J connectivity index is 2.58. The molecule has 0 aliphatic rings. The Labute approximate surface area is 84.2 Å². The zero-order chi connectivity index (χ0) is 10.2. The fourth-order valence-electron chi connectivity index (χ4n) is 1.04. The minimum absolute atomic E-state index is 0.757. The molecule has 14 heavy (non-hydrogen) atoms. The summed E-state index contributed by atoms with van der Waals surface area (Å²) in [6.07, 6.45) is 7.63. The van der Waals surface area contributed by atoms with Crippen LogP contribution in [0.4, 0.5) is 5.69 Å². The molecule has 0 bridgehead atoms. The first kappa shape index (κ1) is 10.3. The summed E-state index contributed by atoms with van der Waals surface area (Å²) < 4.78 is 0. The quantitative estimate of drug-likeness (QED) is 0.410. The van der Waals surface area contributed by atoms with Gasteiger partial charge in [0.15, 0.2) is 0 Å². The summed E-state index contributed by atoms with van der Waals surface area (Å²) in [5, 5.41) is 0. The van der Waals surface area contributed by atoms with Gasteiger partial charge in [-0.2, -0.15) is 0 Å². The average molecular weight is 187 g/mol. The molecule has 1 aromatic rings. The minimum atomic E-state index is 0.757. The molecule has 0 spiro atoms. The van der Waals surface area contributed by atoms with Gasteiger partial charge >= 0.3 is 0 Å². The maximum atomic E-state index is 9.99. The van der Waals surface area contributed by atoms with Gasteiger partial charge in [-0.25, -0.2) is 0 Å². The Morgan fingerprint density at radius 1 is 1.07 bits per heavy atom. The number of hydrogen-bond donors (Lipinski definition) is 0. The number of benzene rings is 1. The van der Waals surface area contributed by atoms with E-state index in [1.807, 2.05) is 54.6 Å². The van der Waals surface area contributed by atoms with E-state index in [1.165, 1.54) is 6.08 Å². The lowest BCUT2D eigenvalue weighted by atomic mass is 10.3. The Kier molecular flexibility index (Phi) is 4.21. The fraction of sp³-hybridized carbons (Fsp3) is 0.0833. The van der Waals surface area contributed by atoms with Crippen molar-refractivity contribution in [3.05, 3.63) is 54.8 Å². The van der Waals surface area contributed by atoms with Crippen molar-refractivity contribution in [2.75, 3.05) is 11.9 Å². The van der Waals surface area contributed by atoms with Gasteiger partial charge in [0.05, 0.1) is 0 Å². The number of carbonyl (C=O) groups is 1. The second-order valence-electron chi connectivity index (χ2n) is 2.81. The minimum Gasteiger partial charge on any atom is -0.351 e. The van der Waals surface area contributed by atoms with Crippen molar-refractivity contribution >= 4 is 12.0 Å². The molecule has 0 aliphatic carbocycles. The number of carbonyl (C=O) groups excluding carboxylic acids is 1. The van der Waals surface area contributed by atoms with Gasteiger partial charge < -0.3 is 4.90 Å². The lowest BCUT2D eigenvalue weighted by molar-refractivity contribution is -0.104. The third-order valence-electron chi connectivity index (χ3n) is 1.77. The van der Waals surface area contributed by atoms with Crippen molar-refractivity contribution in [3.8, 4) is 0 Å². The van der Waals surface area contributed by atoms with Gasteiger partial charge in [0.25, 0.3) is 0 Å². The Hall–Kier alpha value is -1.83. The predicted molar refractivity (Wildman–Crippen MR) is 59.2 cm³/mol. The predicted octanol–water partition coefficient (Wildman–Crippen LogP) is 2.39. The molecular weight excluding hydrogens is 174 g/mol. The summed E-state index contributed by atoms with van der Waals surface area (Å²) in [5.74, 6) is 0. The van der Waals surface area contributed by atoms with E-state index in [2.05, 4.69) is 0 Å². The van der Waals surface area contributed by atoms with E-state index < -0.39 is 0 Å². The molecule has 0 saturated heterocycles. The van der Waals surface area contributed by atoms with Gasteiger partial charge in [0.1, 0.15) is 6.29 Å². The van der Waals surface area contributed by atoms with Crippen LogP contribution in [0.1, 0.15) is 0 Å². The molecule has 1 rings (SSSR count). The van der Waals surface area contributed by atoms with E-state index in [0.29, 0.717) is 0 Å². The Bertz CT molecular complexity index is 327. The lowest BCUT2D eigenvalue weighted by Gasteiger charge is -2.12. The third-order valence-corrected chi connectivity index (χ3v) is 1.77. The van der Waals surface area contributed by atoms with Crippen LogP contribution >= 0.6 is 0 Å². The highest BCUT2D eigenvalue weighted by Crippen LogP contribution is 2.10. The van der Waals surface area contributed by atoms with Gasteiger partial charge in [-0.1, -0.05) is 24.3 Å². The maximum Gasteiger partial charge on any atom is 0.142 e. The summed E-state index contributed by atoms with van der Waals surface area (Å²) in [4.78, 5) is 12.0. The van der Waals surface area contributed by atoms with Crippen LogP contribution < -0.4 is 4.90 Å². The van der Waals surface area contributed by atoms with E-state index in [-0.39, 0.29) is 0 Å². The molecule has 0 saturated carbocycles. The van der Waals surface area contributed by atoms with Gasteiger partial charge in [0, 0.05) is 18.9 Å². The molecule has 72 valence electrons. The number of hydrogen-bond acceptors (Lipinski definition) is 2. The second kappa shape index (κ2) is 5.75. The van der Waals surface area contributed by atoms with E-state index in [0.717, 1.165) is 12.0 Å². The van der Waals surface area contributed by atoms with Crippen molar-refractivity contribution in [2.45, 2.75) is 0 Å². The topological polar surface area (TPSA) is 20.3 Å². The van der Waals surface area contributed by atoms with Crippen LogP contribution in [0.15, 0.2) is 54.8 Å². The monoisotopic (exact) mass is 187 g/mol. The van der Waals surface area contributed by atoms with Crippen molar-refractivity contribution in [3.63, 3.8) is 0 Å². The molecule has 2 heteroatoms. The lowest BCUT2D eigenvalue weighted by Crippen LogP contribution is -2.06. The van der Waals surface area contributed by atoms with Gasteiger partial charge in [-0.3, -0.25) is 4.79 Å². The molecule has 0 N–H and O–H groups in total. The number of allylic oxidation sites excluding steroid dienone is 3. The number of aldehydes is 1. The SMILES string of the molecule is CN(C=CC=CC=O)c1ccccc1. The zero-order valence-electron chi connectivity index (χ0n) is 8.13. The first-order valence-corrected chi connectivity index (χ1v) is 4.41. The summed E-state index contributed by atoms with van der Waals surface area (Å²) in [5.41, 5.74) is 1.11. The third kappa shape index (κ3) is 3.27. The standard InChI is InChI=1S/C12H13NO/c1-13(10-6-3-7-11-14)12-8-4-2-5-9-12/h2-11H,1H3. The summed E-state index contributed by atoms with van der Waals surface area (Å²) in [6.45, 7) is 0. The van der Waals surface area contributed by atoms with E-state index in [1.54, 1.807) is 6.08 Å². The Morgan fingerprint density at radius 3 is 2.43 bits per heavy atom. The first-order chi connectivity index (χ1) is 6.84. The van der Waals surface area contributed by atoms with Crippen LogP contribution in [0.25, 0.3) is 0 Å². The highest BCUT2D eigenvalue weighted by Gasteiger charge is 1.91. The van der Waals surface area contributed by atoms with Crippen molar-refractivity contribution in [1.82, 2.24) is 0 Å². The molecular formula is C12H13NO. The smallest absolute Gasteiger partial charge is 0.142 e. The fourth-order valence-corrected chi connectivity index (χ4v) is 1.04. The molecule has 0 amide bonds. The van der Waals surface area contributed by atoms with Gasteiger partial charge in [-0.15, -0.1) is 0 Å². The molecule has 0 aliphatic heterocycles. The molecule has 0 fully saturated rings. The van der Waals surface area contributed by atoms with Crippen molar-refractivity contribution in [1.29, 1.82) is 0 Å². The van der Waals surface area contributed by atoms with Gasteiger partial charge in [0.2, 0.25) is 0 Å². The molecule has 0 unspecified atom stereocenters. The normalized spacial score (nSPS) is 10.9. The van der Waals surface area contributed by atoms with Crippen LogP contribution in [-0.2, 0) is 4.79 Å². The van der Waals surface area contributed by atoms with Crippen LogP contribution in [-0.4, -0.2) is 13.3 Å². The largest absolute Gasteiger partial charge is 0.351 e. The summed E-state index contributed by atoms with van der Waals surface area (Å²) in [6, 6.07) is 10.00. The van der Waals surface area contributed by atoms with Crippen LogP contribution in [0, 0.1) is 0 Å². The molecule has 0 heterocycles. The number of anilines is 1. The molecule has 0 radical (unpaired) electrons. The molecule has 1 aromatic carbocycles. The molecule has 2 nitrogen and oxygen atoms in total. The van der Waals surface area contributed by atoms with Crippen LogP contribution in [0.5, 0.6) is 0 Å². The number of nitrogens with zero attached hydrogens (tertiary/aromatic N) is 1. The maximum absolute atomic E-state index is 9.99. The highest BCUT2D eigenvalue weighted by atomic mass is 16.1. The Morgan fingerprint density at radius 2 is 1.79 bits per heavy atom. The van der Waals surface area contributed by atoms with Gasteiger partial charge in [-0.05, 0) is 24.3 Å². The molecule has 0 atom stereocenters. The highest BCUT2D eigenvalue weighted by molar-refractivity contribution is 5.65. The van der Waals surface area contributed by atoms with Crippen molar-refractivity contribution < 1.29 is 4.79 Å². The number of rotatable bonds is 4. The van der Waals surface area contributed by atoms with Crippen LogP contribution in [0.3, 0.4) is 0 Å². The second-order valence-corrected chi connectivity index (χ2v) is 2.81. The van der Waals surface area contributed by atoms with E-state index in [4.69, 9.17) is 0 Å². The summed E-state index contributed by atoms with van der Waals surface area (Å²) in [7, 11) is 1.96.